The van der Waals surface area contributed by atoms with Crippen LogP contribution in [0.3, 0.4) is 0 Å². The molecule has 0 amide bonds. The molecule has 0 spiro atoms. The zero-order valence-corrected chi connectivity index (χ0v) is 41.2. The first-order valence-corrected chi connectivity index (χ1v) is 26.2. The van der Waals surface area contributed by atoms with Crippen molar-refractivity contribution in [3.05, 3.63) is 147 Å². The maximum Gasteiger partial charge on any atom is 0.244 e. The molecular formula is C42H40Cl6N6O4S4. The number of thiazole rings is 2. The van der Waals surface area contributed by atoms with E-state index in [1.807, 2.05) is 17.5 Å². The van der Waals surface area contributed by atoms with Crippen LogP contribution in [0.25, 0.3) is 0 Å². The van der Waals surface area contributed by atoms with Gasteiger partial charge in [-0.05, 0) is 79.1 Å². The molecule has 0 unspecified atom stereocenters. The Bertz CT molecular complexity index is 2790. The highest BCUT2D eigenvalue weighted by Gasteiger charge is 2.33. The van der Waals surface area contributed by atoms with E-state index in [1.165, 1.54) is 60.9 Å². The predicted molar refractivity (Wildman–Crippen MR) is 257 cm³/mol. The molecule has 0 bridgehead atoms. The van der Waals surface area contributed by atoms with Gasteiger partial charge in [-0.2, -0.15) is 8.61 Å². The molecule has 62 heavy (non-hydrogen) atoms. The van der Waals surface area contributed by atoms with Gasteiger partial charge in [0.25, 0.3) is 0 Å². The summed E-state index contributed by atoms with van der Waals surface area (Å²) >= 11 is 39.6. The van der Waals surface area contributed by atoms with Gasteiger partial charge in [-0.3, -0.25) is 0 Å². The van der Waals surface area contributed by atoms with Gasteiger partial charge in [0.1, 0.15) is 9.79 Å². The molecule has 4 aromatic carbocycles. The lowest BCUT2D eigenvalue weighted by molar-refractivity contribution is 0.384. The van der Waals surface area contributed by atoms with Crippen LogP contribution in [0.4, 0.5) is 10.3 Å². The lowest BCUT2D eigenvalue weighted by Gasteiger charge is -2.34. The summed E-state index contributed by atoms with van der Waals surface area (Å²) in [5, 5.41) is 8.11. The number of aromatic nitrogens is 2. The summed E-state index contributed by atoms with van der Waals surface area (Å²) in [7, 11) is -7.41. The monoisotopic (exact) mass is 1030 g/mol. The molecule has 8 rings (SSSR count). The SMILES string of the molecule is Cc1ccc(C)c(Cc2csc(N3CCN(S(=O)(=O)c4cc(Cl)ccc4Cl)CC3)n2)c1.O=S(=O)(c1cc(Cl)ccc1Cl)N1CCN(c2nc(Cc3ccc(Cl)cc3Cl)cs2)CC1. The number of piperazine rings is 2. The van der Waals surface area contributed by atoms with Crippen molar-refractivity contribution in [1.29, 1.82) is 0 Å². The number of aryl methyl sites for hydroxylation is 2. The maximum absolute atomic E-state index is 13.0. The van der Waals surface area contributed by atoms with E-state index in [9.17, 15) is 16.8 Å². The Balaban J connectivity index is 0.000000186. The minimum absolute atomic E-state index is 0.0338. The van der Waals surface area contributed by atoms with Gasteiger partial charge in [-0.1, -0.05) is 99.4 Å². The molecule has 0 aliphatic carbocycles. The third kappa shape index (κ3) is 11.2. The highest BCUT2D eigenvalue weighted by Crippen LogP contribution is 2.33. The second-order valence-corrected chi connectivity index (χ2v) is 22.7. The second-order valence-electron chi connectivity index (χ2n) is 14.7. The Hall–Kier alpha value is -2.70. The van der Waals surface area contributed by atoms with Crippen LogP contribution >= 0.6 is 92.3 Å². The van der Waals surface area contributed by atoms with Crippen LogP contribution < -0.4 is 9.80 Å². The zero-order valence-electron chi connectivity index (χ0n) is 33.4. The summed E-state index contributed by atoms with van der Waals surface area (Å²) in [6, 6.07) is 20.9. The fourth-order valence-corrected chi connectivity index (χ4v) is 13.5. The number of benzene rings is 4. The van der Waals surface area contributed by atoms with E-state index in [4.69, 9.17) is 79.6 Å². The van der Waals surface area contributed by atoms with Crippen molar-refractivity contribution in [2.75, 3.05) is 62.2 Å². The first-order chi connectivity index (χ1) is 29.5. The van der Waals surface area contributed by atoms with Crippen molar-refractivity contribution in [1.82, 2.24) is 18.6 Å². The molecule has 0 saturated carbocycles. The van der Waals surface area contributed by atoms with Gasteiger partial charge < -0.3 is 9.80 Å². The van der Waals surface area contributed by atoms with Gasteiger partial charge in [0, 0.05) is 96.1 Å². The van der Waals surface area contributed by atoms with Crippen molar-refractivity contribution in [2.45, 2.75) is 36.5 Å². The lowest BCUT2D eigenvalue weighted by atomic mass is 10.0. The Morgan fingerprint density at radius 3 is 1.42 bits per heavy atom. The van der Waals surface area contributed by atoms with E-state index in [1.54, 1.807) is 29.5 Å². The van der Waals surface area contributed by atoms with E-state index >= 15 is 0 Å². The van der Waals surface area contributed by atoms with E-state index in [0.717, 1.165) is 33.6 Å². The molecule has 20 heteroatoms. The number of anilines is 2. The van der Waals surface area contributed by atoms with Crippen LogP contribution in [0.2, 0.25) is 30.1 Å². The van der Waals surface area contributed by atoms with Gasteiger partial charge in [-0.25, -0.2) is 26.8 Å². The number of rotatable bonds is 10. The van der Waals surface area contributed by atoms with Gasteiger partial charge >= 0.3 is 0 Å². The molecular weight excluding hydrogens is 993 g/mol. The quantitative estimate of drug-likeness (QED) is 0.134. The van der Waals surface area contributed by atoms with Crippen molar-refractivity contribution in [3.8, 4) is 0 Å². The number of halogens is 6. The van der Waals surface area contributed by atoms with Crippen LogP contribution in [-0.2, 0) is 32.9 Å². The summed E-state index contributed by atoms with van der Waals surface area (Å²) in [5.41, 5.74) is 6.69. The molecule has 2 saturated heterocycles. The van der Waals surface area contributed by atoms with Crippen LogP contribution in [-0.4, -0.2) is 87.8 Å². The van der Waals surface area contributed by atoms with Gasteiger partial charge in [0.2, 0.25) is 20.0 Å². The molecule has 2 aromatic heterocycles. The summed E-state index contributed by atoms with van der Waals surface area (Å²) in [6.07, 6.45) is 1.40. The average Bonchev–Trinajstić information content (AvgIpc) is 3.92. The number of hydrogen-bond acceptors (Lipinski definition) is 10. The molecule has 2 aliphatic rings. The first-order valence-electron chi connectivity index (χ1n) is 19.3. The fourth-order valence-electron chi connectivity index (χ4n) is 6.96. The normalized spacial score (nSPS) is 15.4. The summed E-state index contributed by atoms with van der Waals surface area (Å²) in [6.45, 7) is 7.85. The van der Waals surface area contributed by atoms with E-state index in [0.29, 0.717) is 78.9 Å². The van der Waals surface area contributed by atoms with Crippen molar-refractivity contribution in [2.24, 2.45) is 0 Å². The van der Waals surface area contributed by atoms with Crippen LogP contribution in [0.1, 0.15) is 33.6 Å². The Morgan fingerprint density at radius 2 is 0.952 bits per heavy atom. The van der Waals surface area contributed by atoms with Crippen molar-refractivity contribution in [3.63, 3.8) is 0 Å². The van der Waals surface area contributed by atoms with Crippen LogP contribution in [0.5, 0.6) is 0 Å². The molecule has 2 aliphatic heterocycles. The third-order valence-corrected chi connectivity index (χ3v) is 18.1. The van der Waals surface area contributed by atoms with E-state index in [2.05, 4.69) is 47.2 Å². The maximum atomic E-state index is 13.0. The Labute approximate surface area is 400 Å². The van der Waals surface area contributed by atoms with Gasteiger partial charge in [0.05, 0.1) is 21.4 Å². The number of hydrogen-bond donors (Lipinski definition) is 0. The number of sulfonamides is 2. The van der Waals surface area contributed by atoms with E-state index in [-0.39, 0.29) is 19.8 Å². The second kappa shape index (κ2) is 20.2. The summed E-state index contributed by atoms with van der Waals surface area (Å²) in [4.78, 5) is 13.8. The molecule has 328 valence electrons. The zero-order chi connectivity index (χ0) is 44.3. The van der Waals surface area contributed by atoms with Gasteiger partial charge in [-0.15, -0.1) is 22.7 Å². The number of nitrogens with zero attached hydrogens (tertiary/aromatic N) is 6. The molecule has 4 heterocycles. The molecule has 0 atom stereocenters. The highest BCUT2D eigenvalue weighted by molar-refractivity contribution is 7.89. The standard InChI is InChI=1S/C22H23Cl2N3O2S2.C20H17Cl4N3O2S2/c1-15-3-4-16(2)17(11-15)12-19-14-30-22(25-19)26-7-9-27(10-8-26)31(28,29)21-13-18(23)5-6-20(21)24;21-14-2-1-13(18(24)10-14)9-16-12-30-20(25-16)26-5-7-27(8-6-26)31(28,29)19-11-15(22)3-4-17(19)23/h3-6,11,13-14H,7-10,12H2,1-2H3;1-4,10-12H,5-9H2. The van der Waals surface area contributed by atoms with Gasteiger partial charge in [0.15, 0.2) is 10.3 Å². The molecule has 6 aromatic rings. The molecule has 2 fully saturated rings. The Morgan fingerprint density at radius 1 is 0.516 bits per heavy atom. The summed E-state index contributed by atoms with van der Waals surface area (Å²) in [5.74, 6) is 0. The smallest absolute Gasteiger partial charge is 0.244 e. The Kier molecular flexibility index (Phi) is 15.4. The topological polar surface area (TPSA) is 107 Å². The highest BCUT2D eigenvalue weighted by atomic mass is 35.5. The van der Waals surface area contributed by atoms with Crippen LogP contribution in [0.15, 0.2) is 93.3 Å². The lowest BCUT2D eigenvalue weighted by Crippen LogP contribution is -2.48. The predicted octanol–water partition coefficient (Wildman–Crippen LogP) is 11.0. The van der Waals surface area contributed by atoms with Crippen molar-refractivity contribution < 1.29 is 16.8 Å². The summed E-state index contributed by atoms with van der Waals surface area (Å²) < 4.78 is 54.9. The van der Waals surface area contributed by atoms with Crippen molar-refractivity contribution >= 4 is 123 Å². The average molecular weight is 1030 g/mol. The van der Waals surface area contributed by atoms with Crippen LogP contribution in [0, 0.1) is 13.8 Å². The third-order valence-electron chi connectivity index (χ3n) is 10.4. The van der Waals surface area contributed by atoms with E-state index < -0.39 is 20.0 Å². The minimum Gasteiger partial charge on any atom is -0.345 e. The minimum atomic E-state index is -3.72. The molecule has 10 nitrogen and oxygen atoms in total. The fraction of sp³-hybridized carbons (Fsp3) is 0.286. The molecule has 0 radical (unpaired) electrons. The molecule has 0 N–H and O–H groups in total. The first kappa shape index (κ1) is 47.3. The largest absolute Gasteiger partial charge is 0.345 e.